The maximum atomic E-state index is 4.47. The molecule has 0 saturated carbocycles. The fourth-order valence-electron chi connectivity index (χ4n) is 2.92. The summed E-state index contributed by atoms with van der Waals surface area (Å²) in [5.74, 6) is 0. The van der Waals surface area contributed by atoms with Gasteiger partial charge in [0, 0.05) is 23.3 Å². The zero-order chi connectivity index (χ0) is 12.0. The van der Waals surface area contributed by atoms with Crippen molar-refractivity contribution in [1.29, 1.82) is 0 Å². The lowest BCUT2D eigenvalue weighted by Gasteiger charge is -2.24. The second kappa shape index (κ2) is 3.69. The molecule has 0 fully saturated rings. The fraction of sp³-hybridized carbons (Fsp3) is 0.429. The van der Waals surface area contributed by atoms with Crippen molar-refractivity contribution in [2.24, 2.45) is 0 Å². The molecular weight excluding hydrogens is 210 g/mol. The van der Waals surface area contributed by atoms with Crippen LogP contribution in [0.25, 0.3) is 10.9 Å². The predicted octanol–water partition coefficient (Wildman–Crippen LogP) is 2.91. The molecule has 0 amide bonds. The quantitative estimate of drug-likeness (QED) is 0.752. The molecule has 3 nitrogen and oxygen atoms in total. The lowest BCUT2D eigenvalue weighted by molar-refractivity contribution is 0.823. The SMILES string of the molecule is Cc1c2c(c(C)c3c(C)ncnc13)NCCC2. The maximum absolute atomic E-state index is 4.47. The van der Waals surface area contributed by atoms with Crippen molar-refractivity contribution < 1.29 is 0 Å². The molecule has 17 heavy (non-hydrogen) atoms. The van der Waals surface area contributed by atoms with Crippen LogP contribution in [0.5, 0.6) is 0 Å². The third kappa shape index (κ3) is 1.42. The van der Waals surface area contributed by atoms with E-state index in [4.69, 9.17) is 0 Å². The van der Waals surface area contributed by atoms with E-state index in [-0.39, 0.29) is 0 Å². The number of fused-ring (bicyclic) bond motifs is 2. The van der Waals surface area contributed by atoms with Crippen molar-refractivity contribution in [2.45, 2.75) is 33.6 Å². The van der Waals surface area contributed by atoms with E-state index >= 15 is 0 Å². The van der Waals surface area contributed by atoms with Crippen LogP contribution in [-0.4, -0.2) is 16.5 Å². The lowest BCUT2D eigenvalue weighted by Crippen LogP contribution is -2.15. The summed E-state index contributed by atoms with van der Waals surface area (Å²) >= 11 is 0. The Morgan fingerprint density at radius 2 is 1.94 bits per heavy atom. The minimum Gasteiger partial charge on any atom is -0.385 e. The number of benzene rings is 1. The van der Waals surface area contributed by atoms with Gasteiger partial charge in [0.25, 0.3) is 0 Å². The first kappa shape index (κ1) is 10.5. The molecule has 3 rings (SSSR count). The first-order chi connectivity index (χ1) is 8.20. The lowest BCUT2D eigenvalue weighted by atomic mass is 9.91. The van der Waals surface area contributed by atoms with E-state index in [1.54, 1.807) is 6.33 Å². The molecule has 0 atom stereocenters. The fourth-order valence-corrected chi connectivity index (χ4v) is 2.92. The molecule has 0 aliphatic carbocycles. The zero-order valence-corrected chi connectivity index (χ0v) is 10.6. The van der Waals surface area contributed by atoms with Crippen LogP contribution < -0.4 is 5.32 Å². The van der Waals surface area contributed by atoms with E-state index in [2.05, 4.69) is 36.1 Å². The highest BCUT2D eigenvalue weighted by atomic mass is 14.9. The van der Waals surface area contributed by atoms with Gasteiger partial charge in [-0.3, -0.25) is 0 Å². The van der Waals surface area contributed by atoms with Gasteiger partial charge in [-0.2, -0.15) is 0 Å². The van der Waals surface area contributed by atoms with Gasteiger partial charge in [0.05, 0.1) is 5.52 Å². The molecule has 2 aromatic rings. The largest absolute Gasteiger partial charge is 0.385 e. The summed E-state index contributed by atoms with van der Waals surface area (Å²) in [5, 5.41) is 4.76. The number of hydrogen-bond acceptors (Lipinski definition) is 3. The Morgan fingerprint density at radius 1 is 1.12 bits per heavy atom. The van der Waals surface area contributed by atoms with Gasteiger partial charge in [0.1, 0.15) is 6.33 Å². The Kier molecular flexibility index (Phi) is 2.28. The molecule has 3 heteroatoms. The van der Waals surface area contributed by atoms with E-state index in [1.807, 2.05) is 0 Å². The van der Waals surface area contributed by atoms with Crippen LogP contribution in [-0.2, 0) is 6.42 Å². The van der Waals surface area contributed by atoms with Crippen LogP contribution in [0.1, 0.15) is 28.8 Å². The molecule has 0 radical (unpaired) electrons. The zero-order valence-electron chi connectivity index (χ0n) is 10.6. The van der Waals surface area contributed by atoms with Crippen molar-refractivity contribution >= 4 is 16.6 Å². The summed E-state index contributed by atoms with van der Waals surface area (Å²) in [6.45, 7) is 7.49. The van der Waals surface area contributed by atoms with Gasteiger partial charge in [0.2, 0.25) is 0 Å². The average molecular weight is 227 g/mol. The van der Waals surface area contributed by atoms with Crippen LogP contribution in [0.3, 0.4) is 0 Å². The van der Waals surface area contributed by atoms with Crippen LogP contribution in [0, 0.1) is 20.8 Å². The first-order valence-electron chi connectivity index (χ1n) is 6.17. The number of aryl methyl sites for hydroxylation is 3. The van der Waals surface area contributed by atoms with Crippen molar-refractivity contribution in [1.82, 2.24) is 9.97 Å². The molecule has 0 unspecified atom stereocenters. The number of hydrogen-bond donors (Lipinski definition) is 1. The molecular formula is C14H17N3. The highest BCUT2D eigenvalue weighted by Crippen LogP contribution is 2.35. The minimum atomic E-state index is 1.07. The number of nitrogens with zero attached hydrogens (tertiary/aromatic N) is 2. The minimum absolute atomic E-state index is 1.07. The van der Waals surface area contributed by atoms with Gasteiger partial charge in [-0.05, 0) is 50.3 Å². The summed E-state index contributed by atoms with van der Waals surface area (Å²) < 4.78 is 0. The van der Waals surface area contributed by atoms with E-state index in [0.29, 0.717) is 0 Å². The molecule has 0 spiro atoms. The van der Waals surface area contributed by atoms with E-state index < -0.39 is 0 Å². The summed E-state index contributed by atoms with van der Waals surface area (Å²) in [6, 6.07) is 0. The maximum Gasteiger partial charge on any atom is 0.116 e. The van der Waals surface area contributed by atoms with E-state index in [1.165, 1.54) is 34.2 Å². The number of anilines is 1. The Bertz CT molecular complexity index is 602. The van der Waals surface area contributed by atoms with Crippen molar-refractivity contribution in [3.63, 3.8) is 0 Å². The number of rotatable bonds is 0. The van der Waals surface area contributed by atoms with Crippen molar-refractivity contribution in [3.05, 3.63) is 28.7 Å². The highest BCUT2D eigenvalue weighted by Gasteiger charge is 2.19. The molecule has 0 bridgehead atoms. The van der Waals surface area contributed by atoms with Crippen LogP contribution in [0.4, 0.5) is 5.69 Å². The van der Waals surface area contributed by atoms with Gasteiger partial charge in [-0.1, -0.05) is 0 Å². The topological polar surface area (TPSA) is 37.8 Å². The molecule has 1 aromatic heterocycles. The average Bonchev–Trinajstić information content (AvgIpc) is 2.36. The Hall–Kier alpha value is -1.64. The Labute approximate surface area is 101 Å². The van der Waals surface area contributed by atoms with Gasteiger partial charge in [-0.15, -0.1) is 0 Å². The van der Waals surface area contributed by atoms with E-state index in [9.17, 15) is 0 Å². The molecule has 1 aliphatic heterocycles. The van der Waals surface area contributed by atoms with Crippen LogP contribution in [0.2, 0.25) is 0 Å². The Morgan fingerprint density at radius 3 is 2.76 bits per heavy atom. The summed E-state index contributed by atoms with van der Waals surface area (Å²) in [5.41, 5.74) is 7.58. The monoisotopic (exact) mass is 227 g/mol. The second-order valence-electron chi connectivity index (χ2n) is 4.82. The molecule has 1 N–H and O–H groups in total. The summed E-state index contributed by atoms with van der Waals surface area (Å²) in [7, 11) is 0. The van der Waals surface area contributed by atoms with Crippen LogP contribution >= 0.6 is 0 Å². The van der Waals surface area contributed by atoms with Gasteiger partial charge < -0.3 is 5.32 Å². The van der Waals surface area contributed by atoms with Crippen molar-refractivity contribution in [2.75, 3.05) is 11.9 Å². The Balaban J connectivity index is 2.48. The standard InChI is InChI=1S/C14H17N3/c1-8-11-5-4-6-15-13(11)9(2)12-10(3)16-7-17-14(8)12/h7,15H,4-6H2,1-3H3. The summed E-state index contributed by atoms with van der Waals surface area (Å²) in [6.07, 6.45) is 4.05. The third-order valence-electron chi connectivity index (χ3n) is 3.80. The first-order valence-corrected chi connectivity index (χ1v) is 6.17. The normalized spacial score (nSPS) is 14.5. The van der Waals surface area contributed by atoms with Crippen molar-refractivity contribution in [3.8, 4) is 0 Å². The molecule has 1 aromatic carbocycles. The van der Waals surface area contributed by atoms with Gasteiger partial charge in [0.15, 0.2) is 0 Å². The summed E-state index contributed by atoms with van der Waals surface area (Å²) in [4.78, 5) is 8.79. The molecule has 88 valence electrons. The molecule has 1 aliphatic rings. The smallest absolute Gasteiger partial charge is 0.116 e. The van der Waals surface area contributed by atoms with Gasteiger partial charge in [-0.25, -0.2) is 9.97 Å². The predicted molar refractivity (Wildman–Crippen MR) is 70.6 cm³/mol. The number of aromatic nitrogens is 2. The van der Waals surface area contributed by atoms with E-state index in [0.717, 1.165) is 24.2 Å². The van der Waals surface area contributed by atoms with Crippen LogP contribution in [0.15, 0.2) is 6.33 Å². The molecule has 2 heterocycles. The second-order valence-corrected chi connectivity index (χ2v) is 4.82. The number of nitrogens with one attached hydrogen (secondary N) is 1. The molecule has 0 saturated heterocycles. The van der Waals surface area contributed by atoms with Gasteiger partial charge >= 0.3 is 0 Å². The third-order valence-corrected chi connectivity index (χ3v) is 3.80. The highest BCUT2D eigenvalue weighted by molar-refractivity contribution is 5.93.